The Morgan fingerprint density at radius 1 is 1.17 bits per heavy atom. The molecule has 2 rings (SSSR count). The third kappa shape index (κ3) is 7.26. The van der Waals surface area contributed by atoms with Crippen molar-refractivity contribution in [2.45, 2.75) is 32.1 Å². The fourth-order valence-corrected chi connectivity index (χ4v) is 4.62. The van der Waals surface area contributed by atoms with Crippen LogP contribution in [0.4, 0.5) is 18.9 Å². The minimum absolute atomic E-state index is 0.0754. The molecule has 0 fully saturated rings. The van der Waals surface area contributed by atoms with Crippen LogP contribution in [0.2, 0.25) is 5.02 Å². The monoisotopic (exact) mass is 549 g/mol. The van der Waals surface area contributed by atoms with Crippen LogP contribution in [0.3, 0.4) is 0 Å². The first-order valence-corrected chi connectivity index (χ1v) is 12.9. The first-order chi connectivity index (χ1) is 16.7. The Labute approximate surface area is 213 Å². The lowest BCUT2D eigenvalue weighted by Crippen LogP contribution is -2.51. The minimum atomic E-state index is -4.84. The van der Waals surface area contributed by atoms with Crippen LogP contribution in [-0.2, 0) is 32.3 Å². The Morgan fingerprint density at radius 2 is 1.83 bits per heavy atom. The fraction of sp³-hybridized carbons (Fsp3) is 0.391. The molecule has 1 N–H and O–H groups in total. The molecular weight excluding hydrogens is 523 g/mol. The molecule has 1 atom stereocenters. The number of alkyl halides is 3. The van der Waals surface area contributed by atoms with E-state index in [0.29, 0.717) is 21.7 Å². The van der Waals surface area contributed by atoms with Gasteiger partial charge in [0.2, 0.25) is 21.8 Å². The largest absolute Gasteiger partial charge is 0.497 e. The van der Waals surface area contributed by atoms with Crippen molar-refractivity contribution in [1.29, 1.82) is 0 Å². The summed E-state index contributed by atoms with van der Waals surface area (Å²) in [6.45, 7) is 0.762. The molecule has 0 saturated heterocycles. The van der Waals surface area contributed by atoms with Crippen LogP contribution in [0, 0.1) is 0 Å². The van der Waals surface area contributed by atoms with Gasteiger partial charge in [0.05, 0.1) is 29.6 Å². The Morgan fingerprint density at radius 3 is 2.36 bits per heavy atom. The summed E-state index contributed by atoms with van der Waals surface area (Å²) in [7, 11) is -1.35. The molecule has 0 aromatic heterocycles. The number of benzene rings is 2. The third-order valence-corrected chi connectivity index (χ3v) is 6.81. The Hall–Kier alpha value is -2.99. The quantitative estimate of drug-likeness (QED) is 0.488. The highest BCUT2D eigenvalue weighted by molar-refractivity contribution is 7.92. The van der Waals surface area contributed by atoms with Crippen LogP contribution in [0.25, 0.3) is 0 Å². The zero-order valence-corrected chi connectivity index (χ0v) is 21.7. The number of likely N-dealkylation sites (N-methyl/N-ethyl adjacent to an activating group) is 1. The van der Waals surface area contributed by atoms with Crippen molar-refractivity contribution in [3.8, 4) is 5.75 Å². The van der Waals surface area contributed by atoms with Gasteiger partial charge in [-0.15, -0.1) is 0 Å². The molecular formula is C23H27ClF3N3O5S. The topological polar surface area (TPSA) is 96.0 Å². The first-order valence-electron chi connectivity index (χ1n) is 10.7. The predicted octanol–water partition coefficient (Wildman–Crippen LogP) is 3.69. The number of amides is 2. The number of ether oxygens (including phenoxy) is 1. The highest BCUT2D eigenvalue weighted by Gasteiger charge is 2.36. The van der Waals surface area contributed by atoms with Gasteiger partial charge in [-0.1, -0.05) is 30.7 Å². The van der Waals surface area contributed by atoms with Crippen LogP contribution in [-0.4, -0.2) is 58.1 Å². The molecule has 0 aliphatic heterocycles. The number of carbonyl (C=O) groups is 2. The van der Waals surface area contributed by atoms with Crippen molar-refractivity contribution < 1.29 is 35.9 Å². The lowest BCUT2D eigenvalue weighted by molar-refractivity contribution is -0.140. The van der Waals surface area contributed by atoms with Crippen LogP contribution in [0.1, 0.15) is 24.5 Å². The summed E-state index contributed by atoms with van der Waals surface area (Å²) in [4.78, 5) is 27.2. The second kappa shape index (κ2) is 11.8. The molecule has 0 spiro atoms. The van der Waals surface area contributed by atoms with Gasteiger partial charge in [-0.25, -0.2) is 8.42 Å². The highest BCUT2D eigenvalue weighted by atomic mass is 35.5. The van der Waals surface area contributed by atoms with Gasteiger partial charge in [0, 0.05) is 13.6 Å². The molecule has 0 aliphatic carbocycles. The molecule has 2 aromatic carbocycles. The van der Waals surface area contributed by atoms with Crippen molar-refractivity contribution in [2.75, 3.05) is 31.3 Å². The number of anilines is 1. The zero-order chi connectivity index (χ0) is 27.3. The molecule has 0 aliphatic rings. The molecule has 0 bridgehead atoms. The molecule has 36 heavy (non-hydrogen) atoms. The number of halogens is 4. The standard InChI is InChI=1S/C23H27ClF3N3O5S/c1-5-20(22(32)28-2)29(13-15-7-6-8-17(11-15)35-3)21(31)14-30(36(4,33)34)16-9-10-19(24)18(12-16)23(25,26)27/h6-12,20H,5,13-14H2,1-4H3,(H,28,32)/t20-/m0/s1. The number of rotatable bonds is 10. The van der Waals surface area contributed by atoms with E-state index < -0.39 is 56.9 Å². The predicted molar refractivity (Wildman–Crippen MR) is 130 cm³/mol. The molecule has 0 unspecified atom stereocenters. The number of hydrogen-bond donors (Lipinski definition) is 1. The molecule has 0 radical (unpaired) electrons. The van der Waals surface area contributed by atoms with Crippen LogP contribution >= 0.6 is 11.6 Å². The van der Waals surface area contributed by atoms with Gasteiger partial charge in [0.1, 0.15) is 18.3 Å². The normalized spacial score (nSPS) is 12.6. The molecule has 0 heterocycles. The van der Waals surface area contributed by atoms with Crippen molar-refractivity contribution >= 4 is 39.1 Å². The van der Waals surface area contributed by atoms with Gasteiger partial charge in [0.15, 0.2) is 0 Å². The summed E-state index contributed by atoms with van der Waals surface area (Å²) in [5.74, 6) is -0.765. The lowest BCUT2D eigenvalue weighted by atomic mass is 10.1. The summed E-state index contributed by atoms with van der Waals surface area (Å²) in [6, 6.07) is 8.32. The maximum absolute atomic E-state index is 13.5. The Kier molecular flexibility index (Phi) is 9.61. The van der Waals surface area contributed by atoms with Crippen molar-refractivity contribution in [3.05, 3.63) is 58.6 Å². The van der Waals surface area contributed by atoms with E-state index in [-0.39, 0.29) is 13.0 Å². The van der Waals surface area contributed by atoms with E-state index in [1.165, 1.54) is 19.1 Å². The minimum Gasteiger partial charge on any atom is -0.497 e. The van der Waals surface area contributed by atoms with Crippen LogP contribution in [0.15, 0.2) is 42.5 Å². The average Bonchev–Trinajstić information content (AvgIpc) is 2.81. The van der Waals surface area contributed by atoms with Crippen LogP contribution in [0.5, 0.6) is 5.75 Å². The molecule has 2 aromatic rings. The van der Waals surface area contributed by atoms with Gasteiger partial charge in [0.25, 0.3) is 0 Å². The summed E-state index contributed by atoms with van der Waals surface area (Å²) in [6.07, 6.45) is -3.87. The van der Waals surface area contributed by atoms with Gasteiger partial charge in [-0.3, -0.25) is 13.9 Å². The third-order valence-electron chi connectivity index (χ3n) is 5.34. The summed E-state index contributed by atoms with van der Waals surface area (Å²) in [5.41, 5.74) is -1.04. The van der Waals surface area contributed by atoms with Crippen molar-refractivity contribution in [3.63, 3.8) is 0 Å². The van der Waals surface area contributed by atoms with Crippen LogP contribution < -0.4 is 14.4 Å². The smallest absolute Gasteiger partial charge is 0.417 e. The number of hydrogen-bond acceptors (Lipinski definition) is 5. The Bertz CT molecular complexity index is 1210. The van der Waals surface area contributed by atoms with E-state index in [1.54, 1.807) is 31.2 Å². The van der Waals surface area contributed by atoms with Gasteiger partial charge >= 0.3 is 6.18 Å². The van der Waals surface area contributed by atoms with Gasteiger partial charge in [-0.05, 0) is 42.3 Å². The molecule has 0 saturated carbocycles. The van der Waals surface area contributed by atoms with Crippen molar-refractivity contribution in [1.82, 2.24) is 10.2 Å². The summed E-state index contributed by atoms with van der Waals surface area (Å²) < 4.78 is 71.0. The number of sulfonamides is 1. The molecule has 13 heteroatoms. The fourth-order valence-electron chi connectivity index (χ4n) is 3.55. The van der Waals surface area contributed by atoms with Gasteiger partial charge < -0.3 is 15.0 Å². The number of nitrogens with zero attached hydrogens (tertiary/aromatic N) is 2. The Balaban J connectivity index is 2.52. The van der Waals surface area contributed by atoms with E-state index in [9.17, 15) is 31.2 Å². The van der Waals surface area contributed by atoms with E-state index in [4.69, 9.17) is 16.3 Å². The van der Waals surface area contributed by atoms with Crippen molar-refractivity contribution in [2.24, 2.45) is 0 Å². The maximum atomic E-state index is 13.5. The summed E-state index contributed by atoms with van der Waals surface area (Å²) in [5, 5.41) is 1.86. The number of nitrogens with one attached hydrogen (secondary N) is 1. The van der Waals surface area contributed by atoms with E-state index >= 15 is 0 Å². The molecule has 2 amide bonds. The summed E-state index contributed by atoms with van der Waals surface area (Å²) >= 11 is 5.66. The lowest BCUT2D eigenvalue weighted by Gasteiger charge is -2.32. The number of methoxy groups -OCH3 is 1. The second-order valence-corrected chi connectivity index (χ2v) is 10.2. The number of carbonyl (C=O) groups excluding carboxylic acids is 2. The molecule has 198 valence electrons. The first kappa shape index (κ1) is 29.2. The van der Waals surface area contributed by atoms with E-state index in [2.05, 4.69) is 5.32 Å². The molecule has 8 nitrogen and oxygen atoms in total. The maximum Gasteiger partial charge on any atom is 0.417 e. The average molecular weight is 550 g/mol. The van der Waals surface area contributed by atoms with Gasteiger partial charge in [-0.2, -0.15) is 13.2 Å². The second-order valence-electron chi connectivity index (χ2n) is 7.84. The van der Waals surface area contributed by atoms with E-state index in [1.807, 2.05) is 0 Å². The van der Waals surface area contributed by atoms with E-state index in [0.717, 1.165) is 18.4 Å². The zero-order valence-electron chi connectivity index (χ0n) is 20.1. The SMILES string of the molecule is CC[C@@H](C(=O)NC)N(Cc1cccc(OC)c1)C(=O)CN(c1ccc(Cl)c(C(F)(F)F)c1)S(C)(=O)=O. The highest BCUT2D eigenvalue weighted by Crippen LogP contribution is 2.37.